The number of nitrogens with zero attached hydrogens (tertiary/aromatic N) is 9. The van der Waals surface area contributed by atoms with Crippen molar-refractivity contribution < 1.29 is 1.37 Å². The van der Waals surface area contributed by atoms with Crippen LogP contribution in [-0.4, -0.2) is 43.1 Å². The summed E-state index contributed by atoms with van der Waals surface area (Å²) < 4.78 is 15.2. The first-order chi connectivity index (χ1) is 70.3. The molecule has 25 aromatic rings. The first-order valence-corrected chi connectivity index (χ1v) is 47.5. The van der Waals surface area contributed by atoms with E-state index in [4.69, 9.17) is 31.3 Å². The van der Waals surface area contributed by atoms with E-state index >= 15 is 0 Å². The topological polar surface area (TPSA) is 90.6 Å². The van der Waals surface area contributed by atoms with Gasteiger partial charge in [0.1, 0.15) is 16.9 Å². The van der Waals surface area contributed by atoms with Crippen molar-refractivity contribution in [3.8, 4) is 213 Å². The molecule has 0 unspecified atom stereocenters. The van der Waals surface area contributed by atoms with Gasteiger partial charge in [0.05, 0.1) is 69.7 Å². The van der Waals surface area contributed by atoms with Crippen LogP contribution < -0.4 is 0 Å². The van der Waals surface area contributed by atoms with Crippen LogP contribution in [-0.2, 0) is 0 Å². The Hall–Kier alpha value is -19.0. The molecule has 664 valence electrons. The van der Waals surface area contributed by atoms with Crippen molar-refractivity contribution in [2.45, 2.75) is 0 Å². The summed E-state index contributed by atoms with van der Waals surface area (Å²) in [6, 6.07) is 184. The van der Waals surface area contributed by atoms with Gasteiger partial charge in [0, 0.05) is 85.4 Å². The van der Waals surface area contributed by atoms with Crippen molar-refractivity contribution in [3.63, 3.8) is 0 Å². The van der Waals surface area contributed by atoms with Crippen molar-refractivity contribution in [3.05, 3.63) is 552 Å². The molecule has 0 atom stereocenters. The summed E-state index contributed by atoms with van der Waals surface area (Å²) in [6.45, 7) is 0. The summed E-state index contributed by atoms with van der Waals surface area (Å²) in [6.07, 6.45) is 6.24. The first-order valence-electron chi connectivity index (χ1n) is 48.0. The second kappa shape index (κ2) is 39.5. The van der Waals surface area contributed by atoms with Crippen LogP contribution in [0, 0.1) is 0 Å². The number of imidazole rings is 3. The Bertz CT molecular complexity index is 8580. The molecule has 9 heteroatoms. The van der Waals surface area contributed by atoms with Crippen molar-refractivity contribution >= 4 is 16.9 Å². The number of rotatable bonds is 19. The lowest BCUT2D eigenvalue weighted by Crippen LogP contribution is -1.92. The third-order valence-corrected chi connectivity index (χ3v) is 25.8. The number of benzene rings is 16. The van der Waals surface area contributed by atoms with Crippen molar-refractivity contribution in [2.75, 3.05) is 0 Å². The molecule has 9 nitrogen and oxygen atoms in total. The summed E-state index contributed by atoms with van der Waals surface area (Å²) in [5.41, 5.74) is 43.2. The lowest BCUT2D eigenvalue weighted by molar-refractivity contribution is 1.19. The predicted molar refractivity (Wildman–Crippen MR) is 582 cm³/mol. The second-order valence-electron chi connectivity index (χ2n) is 34.9. The zero-order valence-corrected chi connectivity index (χ0v) is 77.0. The van der Waals surface area contributed by atoms with Gasteiger partial charge in [-0.25, -0.2) is 29.9 Å². The molecule has 0 amide bonds. The first kappa shape index (κ1) is 85.0. The van der Waals surface area contributed by atoms with Crippen LogP contribution in [0.25, 0.3) is 230 Å². The van der Waals surface area contributed by atoms with Gasteiger partial charge >= 0.3 is 0 Å². The highest BCUT2D eigenvalue weighted by Crippen LogP contribution is 2.44. The van der Waals surface area contributed by atoms with Gasteiger partial charge in [-0.05, 0) is 181 Å². The van der Waals surface area contributed by atoms with E-state index in [2.05, 4.69) is 444 Å². The van der Waals surface area contributed by atoms with Crippen LogP contribution in [0.5, 0.6) is 0 Å². The van der Waals surface area contributed by atoms with Gasteiger partial charge in [-0.3, -0.25) is 13.2 Å². The minimum absolute atomic E-state index is 0.461. The van der Waals surface area contributed by atoms with E-state index in [-0.39, 0.29) is 0 Å². The number of hydrogen-bond acceptors (Lipinski definition) is 6. The Morgan fingerprint density at radius 2 is 0.305 bits per heavy atom. The third-order valence-electron chi connectivity index (χ3n) is 25.8. The molecule has 0 spiro atoms. The van der Waals surface area contributed by atoms with E-state index in [0.717, 1.165) is 219 Å². The molecule has 9 heterocycles. The van der Waals surface area contributed by atoms with Gasteiger partial charge in [0.25, 0.3) is 0 Å². The summed E-state index contributed by atoms with van der Waals surface area (Å²) in [5.74, 6) is 0. The molecular weight excluding hydrogens is 1710 g/mol. The predicted octanol–water partition coefficient (Wildman–Crippen LogP) is 33.9. The number of fused-ring (bicyclic) bond motifs is 3. The second-order valence-corrected chi connectivity index (χ2v) is 34.9. The molecule has 141 heavy (non-hydrogen) atoms. The molecule has 16 aromatic carbocycles. The molecule has 0 aliphatic heterocycles. The van der Waals surface area contributed by atoms with Crippen LogP contribution >= 0.6 is 0 Å². The molecule has 0 bridgehead atoms. The van der Waals surface area contributed by atoms with Crippen LogP contribution in [0.3, 0.4) is 0 Å². The molecule has 0 N–H and O–H groups in total. The van der Waals surface area contributed by atoms with Crippen molar-refractivity contribution in [1.82, 2.24) is 43.1 Å². The molecule has 0 fully saturated rings. The smallest absolute Gasteiger partial charge is 0.137 e. The van der Waals surface area contributed by atoms with E-state index in [1.165, 1.54) is 11.1 Å². The van der Waals surface area contributed by atoms with E-state index < -0.39 is 0 Å². The number of hydrogen-bond donors (Lipinski definition) is 0. The van der Waals surface area contributed by atoms with Crippen LogP contribution in [0.4, 0.5) is 0 Å². The van der Waals surface area contributed by atoms with Gasteiger partial charge in [0.2, 0.25) is 0 Å². The van der Waals surface area contributed by atoms with Gasteiger partial charge in [-0.1, -0.05) is 431 Å². The van der Waals surface area contributed by atoms with E-state index in [9.17, 15) is 0 Å². The SMILES string of the molecule is [2H]c1cc(-c2ccc(-c3nc4ccccn4c3-c3ccccc3)cc2)cc(-c2cc(-c3ccccc3)nc(-c3ccccc3)c2)c1.c1ccc(-c2cc(-c3ccc(-c4nc5ccccn5c4-c4ccccc4)cc3)cc(-c3cc(-c4ccccc4)nc(-c4ccccc4)c3)c2)cc1.c1ccc(-c2cc(-c3cccc(-c4ccc(-c5nc6ccccn6c5-c5ccccc5)cc4)c3)cc(-c3ccccc3)n2)cc1. The van der Waals surface area contributed by atoms with Gasteiger partial charge < -0.3 is 0 Å². The van der Waals surface area contributed by atoms with Crippen LogP contribution in [0.15, 0.2) is 552 Å². The zero-order chi connectivity index (χ0) is 94.9. The highest BCUT2D eigenvalue weighted by molar-refractivity contribution is 5.91. The summed E-state index contributed by atoms with van der Waals surface area (Å²) in [4.78, 5) is 30.4. The third kappa shape index (κ3) is 18.6. The van der Waals surface area contributed by atoms with Crippen LogP contribution in [0.1, 0.15) is 1.37 Å². The average molecular weight is 1800 g/mol. The zero-order valence-electron chi connectivity index (χ0n) is 78.0. The molecule has 0 aliphatic rings. The molecule has 0 saturated heterocycles. The maximum absolute atomic E-state index is 8.74. The minimum atomic E-state index is 0.461. The fraction of sp³-hybridized carbons (Fsp3) is 0. The standard InChI is InChI=1S/C48H33N3.2C42H29N3/c1-5-15-34(16-6-1)40-29-41(31-42(30-40)43-32-44(36-17-7-2-8-18-36)49-45(33-43)37-19-9-3-10-20-37)35-24-26-38(27-25-35)47-48(39-21-11-4-12-22-39)51-28-14-13-23-46(51)50-47;2*1-4-13-31(14-5-1)38-28-37(29-39(43-38)32-15-6-2-7-16-32)36-20-12-19-35(27-36)30-22-24-33(25-23-30)41-42(34-17-8-3-9-18-34)45-26-11-10-21-40(45)44-41/h1-33H;2*1-29H/i;12D;. The molecule has 0 radical (unpaired) electrons. The Kier molecular flexibility index (Phi) is 23.8. The monoisotopic (exact) mass is 1800 g/mol. The summed E-state index contributed by atoms with van der Waals surface area (Å²) >= 11 is 0. The Balaban J connectivity index is 0.000000119. The lowest BCUT2D eigenvalue weighted by Gasteiger charge is -2.14. The highest BCUT2D eigenvalue weighted by atomic mass is 15.0. The fourth-order valence-electron chi connectivity index (χ4n) is 18.7. The Morgan fingerprint density at radius 3 is 0.582 bits per heavy atom. The maximum atomic E-state index is 8.74. The van der Waals surface area contributed by atoms with Crippen molar-refractivity contribution in [2.24, 2.45) is 0 Å². The maximum Gasteiger partial charge on any atom is 0.137 e. The normalized spacial score (nSPS) is 11.2. The molecular formula is C132H91N9. The number of aromatic nitrogens is 9. The minimum Gasteiger partial charge on any atom is -0.299 e. The van der Waals surface area contributed by atoms with E-state index in [1.807, 2.05) is 115 Å². The molecule has 0 saturated carbocycles. The largest absolute Gasteiger partial charge is 0.299 e. The molecule has 25 rings (SSSR count). The molecule has 0 aliphatic carbocycles. The molecule has 9 aromatic heterocycles. The summed E-state index contributed by atoms with van der Waals surface area (Å²) in [7, 11) is 0. The fourth-order valence-corrected chi connectivity index (χ4v) is 18.7. The van der Waals surface area contributed by atoms with Crippen molar-refractivity contribution in [1.29, 1.82) is 0 Å². The summed E-state index contributed by atoms with van der Waals surface area (Å²) in [5, 5.41) is 0. The number of pyridine rings is 6. The lowest BCUT2D eigenvalue weighted by atomic mass is 9.92. The van der Waals surface area contributed by atoms with E-state index in [1.54, 1.807) is 0 Å². The van der Waals surface area contributed by atoms with Gasteiger partial charge in [0.15, 0.2) is 0 Å². The Morgan fingerprint density at radius 1 is 0.128 bits per heavy atom. The van der Waals surface area contributed by atoms with Gasteiger partial charge in [-0.2, -0.15) is 0 Å². The average Bonchev–Trinajstić information content (AvgIpc) is 1.62. The Labute approximate surface area is 821 Å². The quantitative estimate of drug-likeness (QED) is 0.0801. The van der Waals surface area contributed by atoms with Gasteiger partial charge in [-0.15, -0.1) is 0 Å². The van der Waals surface area contributed by atoms with E-state index in [0.29, 0.717) is 6.04 Å². The highest BCUT2D eigenvalue weighted by Gasteiger charge is 2.23. The van der Waals surface area contributed by atoms with Crippen LogP contribution in [0.2, 0.25) is 0 Å².